The molecule has 0 fully saturated rings. The summed E-state index contributed by atoms with van der Waals surface area (Å²) in [5.74, 6) is 4.47. The summed E-state index contributed by atoms with van der Waals surface area (Å²) in [4.78, 5) is 55.1. The Balaban J connectivity index is 0.000000196. The van der Waals surface area contributed by atoms with Crippen LogP contribution in [0.5, 0.6) is 69.4 Å². The van der Waals surface area contributed by atoms with Gasteiger partial charge in [-0.2, -0.15) is 0 Å². The number of aromatic nitrogens is 3. The molecule has 0 saturated carbocycles. The predicted molar refractivity (Wildman–Crippen MR) is 349 cm³/mol. The van der Waals surface area contributed by atoms with Crippen LogP contribution >= 0.6 is 22.6 Å². The molecule has 9 aromatic rings. The van der Waals surface area contributed by atoms with E-state index in [1.54, 1.807) is 118 Å². The molecule has 0 aliphatic heterocycles. The smallest absolute Gasteiger partial charge is 0.243 e. The number of para-hydroxylation sites is 1. The van der Waals surface area contributed by atoms with Crippen LogP contribution in [0.4, 0.5) is 34.6 Å². The van der Waals surface area contributed by atoms with E-state index < -0.39 is 25.8 Å². The fourth-order valence-electron chi connectivity index (χ4n) is 8.72. The van der Waals surface area contributed by atoms with Gasteiger partial charge < -0.3 is 57.3 Å². The molecule has 0 radical (unpaired) electrons. The number of anilines is 3. The summed E-state index contributed by atoms with van der Waals surface area (Å²) in [7, 11) is 4.63. The molecule has 9 rings (SSSR count). The molecular weight excluding hydrogens is 1310 g/mol. The maximum absolute atomic E-state index is 13.2. The summed E-state index contributed by atoms with van der Waals surface area (Å²) in [5, 5.41) is 0. The third-order valence-electron chi connectivity index (χ3n) is 13.1. The zero-order chi connectivity index (χ0) is 65.8. The number of halogens is 5. The molecule has 3 aromatic heterocycles. The lowest BCUT2D eigenvalue weighted by Crippen LogP contribution is -2.28. The number of nitrogens with zero attached hydrogens (tertiary/aromatic N) is 6. The van der Waals surface area contributed by atoms with Gasteiger partial charge in [0.05, 0.1) is 41.0 Å². The molecule has 3 heterocycles. The highest BCUT2D eigenvalue weighted by atomic mass is 127. The highest BCUT2D eigenvalue weighted by Gasteiger charge is 2.24. The number of methoxy groups -OCH3 is 3. The maximum Gasteiger partial charge on any atom is 0.243 e. The van der Waals surface area contributed by atoms with Crippen molar-refractivity contribution < 1.29 is 74.6 Å². The minimum Gasteiger partial charge on any atom is -0.497 e. The lowest BCUT2D eigenvalue weighted by molar-refractivity contribution is -0.117. The van der Waals surface area contributed by atoms with Crippen LogP contribution in [0.3, 0.4) is 0 Å². The first-order valence-electron chi connectivity index (χ1n) is 28.5. The quantitative estimate of drug-likeness (QED) is 0.0350. The number of ether oxygens (including phenoxy) is 9. The molecule has 23 heteroatoms. The molecule has 480 valence electrons. The second kappa shape index (κ2) is 35.9. The van der Waals surface area contributed by atoms with Gasteiger partial charge in [-0.05, 0) is 174 Å². The molecule has 0 atom stereocenters. The Bertz CT molecular complexity index is 3660. The number of rotatable bonds is 27. The van der Waals surface area contributed by atoms with E-state index in [1.807, 2.05) is 54.6 Å². The lowest BCUT2D eigenvalue weighted by atomic mass is 10.1. The third-order valence-corrected chi connectivity index (χ3v) is 13.8. The Morgan fingerprint density at radius 2 is 0.707 bits per heavy atom. The molecule has 92 heavy (non-hydrogen) atoms. The van der Waals surface area contributed by atoms with Gasteiger partial charge in [0.2, 0.25) is 35.4 Å². The van der Waals surface area contributed by atoms with Gasteiger partial charge in [-0.1, -0.05) is 18.2 Å². The van der Waals surface area contributed by atoms with Crippen LogP contribution in [0, 0.1) is 9.39 Å². The first-order valence-corrected chi connectivity index (χ1v) is 29.6. The highest BCUT2D eigenvalue weighted by molar-refractivity contribution is 14.1. The number of hydrogen-bond acceptors (Lipinski definition) is 15. The topological polar surface area (TPSA) is 183 Å². The molecule has 0 aliphatic rings. The summed E-state index contributed by atoms with van der Waals surface area (Å²) in [6.07, 6.45) is 4.73. The SMILES string of the molecule is COc1ccc(OCCF)c(CN(C(C)=O)c2cccnc2Oc2ccc(F)cc2)c1.COc1ccc(OCCF)c(CN(C(C)=O)c2cccnc2Oc2ccc(I)cc2)c1.COc1ccc(OCCF)c(CN(C(C)=O)c2cccnc2Oc2ccccc2)c1. The van der Waals surface area contributed by atoms with Crippen LogP contribution in [-0.2, 0) is 34.0 Å². The van der Waals surface area contributed by atoms with E-state index >= 15 is 0 Å². The highest BCUT2D eigenvalue weighted by Crippen LogP contribution is 2.38. The number of alkyl halides is 3. The van der Waals surface area contributed by atoms with Crippen molar-refractivity contribution in [2.24, 2.45) is 0 Å². The lowest BCUT2D eigenvalue weighted by Gasteiger charge is -2.24. The van der Waals surface area contributed by atoms with E-state index in [9.17, 15) is 31.9 Å². The summed E-state index contributed by atoms with van der Waals surface area (Å²) >= 11 is 2.21. The van der Waals surface area contributed by atoms with Crippen molar-refractivity contribution in [3.63, 3.8) is 0 Å². The second-order valence-corrected chi connectivity index (χ2v) is 20.6. The van der Waals surface area contributed by atoms with Crippen molar-refractivity contribution in [3.05, 3.63) is 215 Å². The van der Waals surface area contributed by atoms with Crippen molar-refractivity contribution >= 4 is 57.4 Å². The fraction of sp³-hybridized carbons (Fsp3) is 0.217. The monoisotopic (exact) mass is 1370 g/mol. The third kappa shape index (κ3) is 20.4. The number of pyridine rings is 3. The zero-order valence-corrected chi connectivity index (χ0v) is 53.4. The van der Waals surface area contributed by atoms with Crippen molar-refractivity contribution in [2.45, 2.75) is 40.4 Å². The van der Waals surface area contributed by atoms with Crippen LogP contribution in [0.2, 0.25) is 0 Å². The Morgan fingerprint density at radius 3 is 1.01 bits per heavy atom. The fourth-order valence-corrected chi connectivity index (χ4v) is 9.08. The largest absolute Gasteiger partial charge is 0.497 e. The van der Waals surface area contributed by atoms with Gasteiger partial charge in [-0.3, -0.25) is 14.4 Å². The van der Waals surface area contributed by atoms with Crippen molar-refractivity contribution in [2.75, 3.05) is 75.9 Å². The molecule has 6 aromatic carbocycles. The molecule has 3 amide bonds. The van der Waals surface area contributed by atoms with Crippen LogP contribution in [-0.4, -0.2) is 93.8 Å². The zero-order valence-electron chi connectivity index (χ0n) is 51.2. The predicted octanol–water partition coefficient (Wildman–Crippen LogP) is 15.1. The van der Waals surface area contributed by atoms with E-state index in [0.29, 0.717) is 97.3 Å². The van der Waals surface area contributed by atoms with Gasteiger partial charge in [-0.25, -0.2) is 32.5 Å². The van der Waals surface area contributed by atoms with Gasteiger partial charge in [0.15, 0.2) is 0 Å². The van der Waals surface area contributed by atoms with Crippen molar-refractivity contribution in [1.82, 2.24) is 15.0 Å². The van der Waals surface area contributed by atoms with Crippen LogP contribution in [0.15, 0.2) is 188 Å². The Hall–Kier alpha value is -10.2. The second-order valence-electron chi connectivity index (χ2n) is 19.4. The maximum atomic E-state index is 13.2. The first kappa shape index (κ1) is 69.3. The van der Waals surface area contributed by atoms with E-state index in [4.69, 9.17) is 42.6 Å². The van der Waals surface area contributed by atoms with Crippen molar-refractivity contribution in [1.29, 1.82) is 0 Å². The van der Waals surface area contributed by atoms with E-state index in [0.717, 1.165) is 3.57 Å². The van der Waals surface area contributed by atoms with E-state index in [1.165, 1.54) is 73.0 Å². The van der Waals surface area contributed by atoms with Crippen LogP contribution < -0.4 is 57.3 Å². The van der Waals surface area contributed by atoms with Gasteiger partial charge in [0, 0.05) is 59.6 Å². The minimum atomic E-state index is -0.639. The summed E-state index contributed by atoms with van der Waals surface area (Å²) in [5.41, 5.74) is 3.40. The Morgan fingerprint density at radius 1 is 0.402 bits per heavy atom. The number of hydrogen-bond donors (Lipinski definition) is 0. The average Bonchev–Trinajstić information content (AvgIpc) is 0.872. The van der Waals surface area contributed by atoms with E-state index in [-0.39, 0.29) is 63.1 Å². The van der Waals surface area contributed by atoms with Gasteiger partial charge in [0.1, 0.15) is 114 Å². The average molecular weight is 1380 g/mol. The first-order chi connectivity index (χ1) is 44.6. The number of benzene rings is 6. The van der Waals surface area contributed by atoms with Gasteiger partial charge in [-0.15, -0.1) is 0 Å². The van der Waals surface area contributed by atoms with Gasteiger partial charge >= 0.3 is 0 Å². The van der Waals surface area contributed by atoms with Crippen LogP contribution in [0.1, 0.15) is 37.5 Å². The Kier molecular flexibility index (Phi) is 27.0. The molecule has 0 N–H and O–H groups in total. The van der Waals surface area contributed by atoms with E-state index in [2.05, 4.69) is 37.5 Å². The van der Waals surface area contributed by atoms with Crippen LogP contribution in [0.25, 0.3) is 0 Å². The van der Waals surface area contributed by atoms with Crippen molar-refractivity contribution in [3.8, 4) is 69.4 Å². The normalized spacial score (nSPS) is 10.4. The summed E-state index contributed by atoms with van der Waals surface area (Å²) < 4.78 is 102. The number of amides is 3. The molecule has 0 saturated heterocycles. The molecule has 0 bridgehead atoms. The molecule has 0 spiro atoms. The summed E-state index contributed by atoms with van der Waals surface area (Å²) in [6, 6.07) is 48.0. The minimum absolute atomic E-state index is 0.0747. The number of carbonyl (C=O) groups is 3. The van der Waals surface area contributed by atoms with Gasteiger partial charge in [0.25, 0.3) is 0 Å². The Labute approximate surface area is 544 Å². The molecule has 0 unspecified atom stereocenters. The molecular formula is C69H67F4IN6O12. The molecule has 0 aliphatic carbocycles. The number of carbonyl (C=O) groups excluding carboxylic acids is 3. The summed E-state index contributed by atoms with van der Waals surface area (Å²) in [6.45, 7) is 2.67. The molecule has 18 nitrogen and oxygen atoms in total. The standard InChI is InChI=1S/C23H22F2N2O4.C23H22FIN2O4.C23H23FN2O4/c2*1-16(28)27(15-17-14-20(29-2)9-10-22(17)30-13-11-24)21-4-3-12-26-23(21)31-19-7-5-18(25)6-8-19;1-17(27)26(16-18-15-20(28-2)10-11-22(18)29-14-12-24)21-9-6-13-25-23(21)30-19-7-4-3-5-8-19/h2*3-10,12,14H,11,13,15H2,1-2H3;3-11,13,15H,12,14,16H2,1-2H3.